The van der Waals surface area contributed by atoms with Crippen molar-refractivity contribution < 1.29 is 8.42 Å². The summed E-state index contributed by atoms with van der Waals surface area (Å²) >= 11 is 1.01. The Bertz CT molecular complexity index is 1300. The first kappa shape index (κ1) is 17.9. The number of aryl methyl sites for hydroxylation is 1. The van der Waals surface area contributed by atoms with Crippen molar-refractivity contribution in [3.05, 3.63) is 35.5 Å². The lowest BCUT2D eigenvalue weighted by atomic mass is 9.44. The number of hydrogen-bond donors (Lipinski definition) is 1. The van der Waals surface area contributed by atoms with E-state index in [9.17, 15) is 8.42 Å². The fourth-order valence-corrected chi connectivity index (χ4v) is 9.53. The Morgan fingerprint density at radius 2 is 2.00 bits per heavy atom. The van der Waals surface area contributed by atoms with E-state index < -0.39 is 10.0 Å². The standard InChI is InChI=1S/C22H24N4O2S2/c1-12-2-3-15(22-9-14-4-13-5-16(10-22)21(22,7-13)8-14)6-17(12)18-11-26-19(24-18)29-20(25-26)30(23,27)28/h2-3,6,11,13-14,16H,4-5,7-10H2,1H3,(H2,23,27,28). The van der Waals surface area contributed by atoms with Gasteiger partial charge in [0.05, 0.1) is 11.9 Å². The molecule has 6 nitrogen and oxygen atoms in total. The summed E-state index contributed by atoms with van der Waals surface area (Å²) in [5.41, 5.74) is 5.60. The number of primary sulfonamides is 1. The molecule has 4 aliphatic rings. The molecule has 5 atom stereocenters. The topological polar surface area (TPSA) is 90.4 Å². The average Bonchev–Trinajstić information content (AvgIpc) is 3.34. The van der Waals surface area contributed by atoms with Gasteiger partial charge in [-0.3, -0.25) is 0 Å². The lowest BCUT2D eigenvalue weighted by Crippen LogP contribution is -2.55. The predicted octanol–water partition coefficient (Wildman–Crippen LogP) is 3.88. The van der Waals surface area contributed by atoms with Crippen molar-refractivity contribution in [2.45, 2.75) is 55.2 Å². The van der Waals surface area contributed by atoms with Crippen LogP contribution in [-0.4, -0.2) is 23.0 Å². The molecular weight excluding hydrogens is 416 g/mol. The van der Waals surface area contributed by atoms with Gasteiger partial charge in [-0.05, 0) is 85.8 Å². The van der Waals surface area contributed by atoms with Gasteiger partial charge >= 0.3 is 0 Å². The Morgan fingerprint density at radius 1 is 1.17 bits per heavy atom. The zero-order chi connectivity index (χ0) is 20.5. The number of nitrogens with two attached hydrogens (primary N) is 1. The predicted molar refractivity (Wildman–Crippen MR) is 115 cm³/mol. The fraction of sp³-hybridized carbons (Fsp3) is 0.545. The normalized spacial score (nSPS) is 36.4. The van der Waals surface area contributed by atoms with Crippen LogP contribution in [0, 0.1) is 30.1 Å². The Kier molecular flexibility index (Phi) is 3.18. The van der Waals surface area contributed by atoms with Gasteiger partial charge in [-0.1, -0.05) is 23.5 Å². The molecule has 156 valence electrons. The highest BCUT2D eigenvalue weighted by Gasteiger charge is 2.74. The summed E-state index contributed by atoms with van der Waals surface area (Å²) < 4.78 is 24.6. The Morgan fingerprint density at radius 3 is 2.80 bits per heavy atom. The summed E-state index contributed by atoms with van der Waals surface area (Å²) in [6, 6.07) is 6.99. The van der Waals surface area contributed by atoms with Crippen molar-refractivity contribution in [1.82, 2.24) is 14.6 Å². The van der Waals surface area contributed by atoms with Gasteiger partial charge in [0.15, 0.2) is 0 Å². The van der Waals surface area contributed by atoms with E-state index in [4.69, 9.17) is 10.1 Å². The van der Waals surface area contributed by atoms with Crippen LogP contribution < -0.4 is 5.14 Å². The number of hydrogen-bond acceptors (Lipinski definition) is 5. The maximum atomic E-state index is 11.6. The minimum atomic E-state index is -3.81. The molecule has 5 unspecified atom stereocenters. The van der Waals surface area contributed by atoms with Crippen molar-refractivity contribution in [2.75, 3.05) is 0 Å². The molecule has 1 spiro atoms. The SMILES string of the molecule is Cc1ccc(C23CC4CC5CC(C2)C3(C5)C4)cc1-c1cn2nc(S(N)(=O)=O)sc2n1. The van der Waals surface area contributed by atoms with Crippen molar-refractivity contribution in [3.8, 4) is 11.3 Å². The van der Waals surface area contributed by atoms with Gasteiger partial charge < -0.3 is 0 Å². The van der Waals surface area contributed by atoms with E-state index in [1.54, 1.807) is 0 Å². The van der Waals surface area contributed by atoms with Crippen LogP contribution in [0.15, 0.2) is 28.7 Å². The second-order valence-corrected chi connectivity index (χ2v) is 12.9. The van der Waals surface area contributed by atoms with Crippen molar-refractivity contribution in [3.63, 3.8) is 0 Å². The van der Waals surface area contributed by atoms with E-state index in [2.05, 4.69) is 30.2 Å². The van der Waals surface area contributed by atoms with Crippen LogP contribution in [-0.2, 0) is 15.4 Å². The summed E-state index contributed by atoms with van der Waals surface area (Å²) in [6.07, 6.45) is 10.3. The van der Waals surface area contributed by atoms with Gasteiger partial charge in [0.25, 0.3) is 10.0 Å². The van der Waals surface area contributed by atoms with Gasteiger partial charge in [-0.2, -0.15) is 0 Å². The molecule has 1 aromatic carbocycles. The molecule has 8 heteroatoms. The van der Waals surface area contributed by atoms with E-state index in [1.807, 2.05) is 6.20 Å². The first-order valence-corrected chi connectivity index (χ1v) is 13.1. The third kappa shape index (κ3) is 2.05. The van der Waals surface area contributed by atoms with Crippen LogP contribution in [0.5, 0.6) is 0 Å². The molecule has 3 aromatic rings. The average molecular weight is 441 g/mol. The highest BCUT2D eigenvalue weighted by Crippen LogP contribution is 2.81. The van der Waals surface area contributed by atoms with E-state index in [-0.39, 0.29) is 4.34 Å². The maximum absolute atomic E-state index is 11.6. The molecule has 4 saturated carbocycles. The highest BCUT2D eigenvalue weighted by atomic mass is 32.2. The summed E-state index contributed by atoms with van der Waals surface area (Å²) in [4.78, 5) is 5.24. The second kappa shape index (κ2) is 5.34. The summed E-state index contributed by atoms with van der Waals surface area (Å²) in [6.45, 7) is 2.12. The van der Waals surface area contributed by atoms with Crippen LogP contribution in [0.3, 0.4) is 0 Å². The lowest BCUT2D eigenvalue weighted by molar-refractivity contribution is -0.0355. The molecule has 3 bridgehead atoms. The van der Waals surface area contributed by atoms with Crippen LogP contribution in [0.25, 0.3) is 16.2 Å². The summed E-state index contributed by atoms with van der Waals surface area (Å²) in [5.74, 6) is 2.83. The number of aromatic nitrogens is 3. The molecule has 0 saturated heterocycles. The lowest BCUT2D eigenvalue weighted by Gasteiger charge is -2.59. The van der Waals surface area contributed by atoms with E-state index in [0.717, 1.165) is 40.3 Å². The molecule has 4 fully saturated rings. The molecule has 0 amide bonds. The maximum Gasteiger partial charge on any atom is 0.267 e. The van der Waals surface area contributed by atoms with Crippen LogP contribution >= 0.6 is 11.3 Å². The van der Waals surface area contributed by atoms with Crippen molar-refractivity contribution in [2.24, 2.45) is 28.3 Å². The second-order valence-electron chi connectivity index (χ2n) is 10.3. The smallest absolute Gasteiger partial charge is 0.223 e. The van der Waals surface area contributed by atoms with Crippen LogP contribution in [0.1, 0.15) is 49.7 Å². The Hall–Kier alpha value is -1.77. The molecule has 0 aliphatic heterocycles. The van der Waals surface area contributed by atoms with Gasteiger partial charge in [0.1, 0.15) is 0 Å². The van der Waals surface area contributed by atoms with Crippen LogP contribution in [0.2, 0.25) is 0 Å². The quantitative estimate of drug-likeness (QED) is 0.669. The number of imidazole rings is 1. The highest BCUT2D eigenvalue weighted by molar-refractivity contribution is 7.91. The van der Waals surface area contributed by atoms with Gasteiger partial charge in [0.2, 0.25) is 9.30 Å². The van der Waals surface area contributed by atoms with Crippen molar-refractivity contribution in [1.29, 1.82) is 0 Å². The molecule has 7 rings (SSSR count). The van der Waals surface area contributed by atoms with E-state index >= 15 is 0 Å². The molecular formula is C22H24N4O2S2. The number of nitrogens with zero attached hydrogens (tertiary/aromatic N) is 3. The fourth-order valence-electron chi connectivity index (χ4n) is 8.03. The molecule has 2 N–H and O–H groups in total. The van der Waals surface area contributed by atoms with E-state index in [1.165, 1.54) is 54.2 Å². The zero-order valence-electron chi connectivity index (χ0n) is 16.8. The Labute approximate surface area is 179 Å². The third-order valence-corrected chi connectivity index (χ3v) is 11.1. The first-order valence-electron chi connectivity index (χ1n) is 10.8. The number of sulfonamides is 1. The molecule has 0 radical (unpaired) electrons. The van der Waals surface area contributed by atoms with E-state index in [0.29, 0.717) is 15.8 Å². The monoisotopic (exact) mass is 440 g/mol. The summed E-state index contributed by atoms with van der Waals surface area (Å²) in [7, 11) is -3.81. The summed E-state index contributed by atoms with van der Waals surface area (Å²) in [5, 5.41) is 9.33. The van der Waals surface area contributed by atoms with Crippen molar-refractivity contribution >= 4 is 26.3 Å². The first-order chi connectivity index (χ1) is 14.3. The number of rotatable bonds is 3. The largest absolute Gasteiger partial charge is 0.267 e. The minimum absolute atomic E-state index is 0.102. The third-order valence-electron chi connectivity index (χ3n) is 8.89. The molecule has 2 heterocycles. The molecule has 2 aromatic heterocycles. The number of fused-ring (bicyclic) bond motifs is 3. The van der Waals surface area contributed by atoms with Gasteiger partial charge in [0, 0.05) is 11.0 Å². The zero-order valence-corrected chi connectivity index (χ0v) is 18.5. The molecule has 30 heavy (non-hydrogen) atoms. The number of benzene rings is 1. The van der Waals surface area contributed by atoms with Gasteiger partial charge in [-0.15, -0.1) is 5.10 Å². The molecule has 4 aliphatic carbocycles. The van der Waals surface area contributed by atoms with Crippen LogP contribution in [0.4, 0.5) is 0 Å². The van der Waals surface area contributed by atoms with Gasteiger partial charge in [-0.25, -0.2) is 23.1 Å². The minimum Gasteiger partial charge on any atom is -0.223 e. The Balaban J connectivity index is 1.33.